The molecule has 0 spiro atoms. The second-order valence-corrected chi connectivity index (χ2v) is 5.21. The zero-order chi connectivity index (χ0) is 12.5. The predicted octanol–water partition coefficient (Wildman–Crippen LogP) is 1.08. The Morgan fingerprint density at radius 1 is 1.28 bits per heavy atom. The number of piperazine rings is 1. The lowest BCUT2D eigenvalue weighted by molar-refractivity contribution is -0.130. The summed E-state index contributed by atoms with van der Waals surface area (Å²) in [5.74, 6) is 0.332. The summed E-state index contributed by atoms with van der Waals surface area (Å²) in [6.45, 7) is 3.71. The van der Waals surface area contributed by atoms with Crippen molar-refractivity contribution in [2.45, 2.75) is 25.4 Å². The molecule has 2 aliphatic rings. The van der Waals surface area contributed by atoms with Gasteiger partial charge in [0.1, 0.15) is 0 Å². The summed E-state index contributed by atoms with van der Waals surface area (Å²) in [5, 5.41) is 0. The lowest BCUT2D eigenvalue weighted by Gasteiger charge is -2.37. The zero-order valence-corrected chi connectivity index (χ0v) is 10.5. The summed E-state index contributed by atoms with van der Waals surface area (Å²) in [6.07, 6.45) is 1.74. The van der Waals surface area contributed by atoms with Crippen molar-refractivity contribution in [2.24, 2.45) is 0 Å². The molecule has 1 unspecified atom stereocenters. The number of nitrogens with zero attached hydrogens (tertiary/aromatic N) is 2. The molecule has 2 saturated heterocycles. The molecule has 2 heterocycles. The van der Waals surface area contributed by atoms with Gasteiger partial charge >= 0.3 is 0 Å². The molecule has 2 fully saturated rings. The molecule has 4 heteroatoms. The van der Waals surface area contributed by atoms with Gasteiger partial charge in [0.15, 0.2) is 0 Å². The second-order valence-electron chi connectivity index (χ2n) is 5.21. The number of para-hydroxylation sites is 1. The van der Waals surface area contributed by atoms with Crippen molar-refractivity contribution in [3.8, 4) is 0 Å². The molecule has 0 aliphatic carbocycles. The second kappa shape index (κ2) is 4.61. The molecule has 2 N–H and O–H groups in total. The number of carbonyl (C=O) groups is 1. The van der Waals surface area contributed by atoms with Crippen molar-refractivity contribution in [1.82, 2.24) is 9.80 Å². The number of anilines is 1. The fraction of sp³-hybridized carbons (Fsp3) is 0.500. The van der Waals surface area contributed by atoms with Crippen LogP contribution in [-0.4, -0.2) is 41.4 Å². The van der Waals surface area contributed by atoms with E-state index in [4.69, 9.17) is 5.73 Å². The van der Waals surface area contributed by atoms with Crippen LogP contribution in [-0.2, 0) is 11.3 Å². The summed E-state index contributed by atoms with van der Waals surface area (Å²) >= 11 is 0. The number of carbonyl (C=O) groups excluding carboxylic acids is 1. The van der Waals surface area contributed by atoms with Crippen LogP contribution in [0.2, 0.25) is 0 Å². The highest BCUT2D eigenvalue weighted by Gasteiger charge is 2.35. The molecule has 2 aliphatic heterocycles. The van der Waals surface area contributed by atoms with Gasteiger partial charge < -0.3 is 10.6 Å². The summed E-state index contributed by atoms with van der Waals surface area (Å²) < 4.78 is 0. The van der Waals surface area contributed by atoms with Crippen LogP contribution in [0, 0.1) is 0 Å². The number of amides is 1. The van der Waals surface area contributed by atoms with Crippen LogP contribution in [0.15, 0.2) is 24.3 Å². The number of hydrogen-bond donors (Lipinski definition) is 1. The minimum absolute atomic E-state index is 0.332. The molecular weight excluding hydrogens is 226 g/mol. The maximum atomic E-state index is 11.6. The molecule has 1 amide bonds. The van der Waals surface area contributed by atoms with E-state index in [0.29, 0.717) is 11.9 Å². The molecule has 3 rings (SSSR count). The largest absolute Gasteiger partial charge is 0.398 e. The first-order valence-corrected chi connectivity index (χ1v) is 6.59. The van der Waals surface area contributed by atoms with E-state index in [2.05, 4.69) is 11.0 Å². The van der Waals surface area contributed by atoms with Gasteiger partial charge in [-0.25, -0.2) is 0 Å². The molecule has 0 aromatic heterocycles. The molecule has 18 heavy (non-hydrogen) atoms. The van der Waals surface area contributed by atoms with E-state index in [1.54, 1.807) is 0 Å². The standard InChI is InChI=1S/C14H19N3O/c15-13-4-2-1-3-11(13)9-16-7-8-17-12(10-16)5-6-14(17)18/h1-4,12H,5-10,15H2. The van der Waals surface area contributed by atoms with Crippen molar-refractivity contribution in [1.29, 1.82) is 0 Å². The first-order chi connectivity index (χ1) is 8.74. The van der Waals surface area contributed by atoms with Crippen molar-refractivity contribution in [3.63, 3.8) is 0 Å². The molecule has 96 valence electrons. The topological polar surface area (TPSA) is 49.6 Å². The highest BCUT2D eigenvalue weighted by molar-refractivity contribution is 5.78. The van der Waals surface area contributed by atoms with Crippen LogP contribution >= 0.6 is 0 Å². The minimum atomic E-state index is 0.332. The van der Waals surface area contributed by atoms with Gasteiger partial charge in [-0.3, -0.25) is 9.69 Å². The third-order valence-corrected chi connectivity index (χ3v) is 4.03. The monoisotopic (exact) mass is 245 g/mol. The van der Waals surface area contributed by atoms with Crippen molar-refractivity contribution in [2.75, 3.05) is 25.4 Å². The van der Waals surface area contributed by atoms with Crippen LogP contribution in [0.1, 0.15) is 18.4 Å². The van der Waals surface area contributed by atoms with Gasteiger partial charge in [-0.1, -0.05) is 18.2 Å². The molecule has 0 saturated carbocycles. The number of nitrogen functional groups attached to an aromatic ring is 1. The van der Waals surface area contributed by atoms with Gasteiger partial charge in [0.2, 0.25) is 5.91 Å². The number of benzene rings is 1. The SMILES string of the molecule is Nc1ccccc1CN1CCN2C(=O)CCC2C1. The third kappa shape index (κ3) is 2.08. The van der Waals surface area contributed by atoms with Gasteiger partial charge in [-0.15, -0.1) is 0 Å². The van der Waals surface area contributed by atoms with Crippen LogP contribution in [0.25, 0.3) is 0 Å². The number of hydrogen-bond acceptors (Lipinski definition) is 3. The first kappa shape index (κ1) is 11.5. The maximum absolute atomic E-state index is 11.6. The van der Waals surface area contributed by atoms with E-state index < -0.39 is 0 Å². The van der Waals surface area contributed by atoms with Crippen LogP contribution in [0.3, 0.4) is 0 Å². The Morgan fingerprint density at radius 3 is 2.94 bits per heavy atom. The number of nitrogens with two attached hydrogens (primary N) is 1. The molecule has 1 aromatic rings. The lowest BCUT2D eigenvalue weighted by atomic mass is 10.1. The fourth-order valence-corrected chi connectivity index (χ4v) is 2.99. The summed E-state index contributed by atoms with van der Waals surface area (Å²) in [4.78, 5) is 16.1. The predicted molar refractivity (Wildman–Crippen MR) is 70.9 cm³/mol. The summed E-state index contributed by atoms with van der Waals surface area (Å²) in [6, 6.07) is 8.45. The first-order valence-electron chi connectivity index (χ1n) is 6.59. The number of fused-ring (bicyclic) bond motifs is 1. The van der Waals surface area contributed by atoms with E-state index in [0.717, 1.165) is 44.7 Å². The molecule has 1 aromatic carbocycles. The molecule has 0 radical (unpaired) electrons. The van der Waals surface area contributed by atoms with Crippen LogP contribution < -0.4 is 5.73 Å². The Hall–Kier alpha value is -1.55. The smallest absolute Gasteiger partial charge is 0.222 e. The van der Waals surface area contributed by atoms with Gasteiger partial charge in [-0.2, -0.15) is 0 Å². The van der Waals surface area contributed by atoms with E-state index in [-0.39, 0.29) is 0 Å². The Morgan fingerprint density at radius 2 is 2.11 bits per heavy atom. The third-order valence-electron chi connectivity index (χ3n) is 4.03. The Balaban J connectivity index is 1.66. The zero-order valence-electron chi connectivity index (χ0n) is 10.5. The van der Waals surface area contributed by atoms with Crippen molar-refractivity contribution >= 4 is 11.6 Å². The Bertz CT molecular complexity index is 460. The van der Waals surface area contributed by atoms with E-state index >= 15 is 0 Å². The van der Waals surface area contributed by atoms with Crippen molar-refractivity contribution in [3.05, 3.63) is 29.8 Å². The fourth-order valence-electron chi connectivity index (χ4n) is 2.99. The molecular formula is C14H19N3O. The highest BCUT2D eigenvalue weighted by Crippen LogP contribution is 2.24. The lowest BCUT2D eigenvalue weighted by Crippen LogP contribution is -2.50. The average molecular weight is 245 g/mol. The molecule has 4 nitrogen and oxygen atoms in total. The van der Waals surface area contributed by atoms with Gasteiger partial charge in [0, 0.05) is 44.3 Å². The van der Waals surface area contributed by atoms with Crippen LogP contribution in [0.5, 0.6) is 0 Å². The minimum Gasteiger partial charge on any atom is -0.398 e. The average Bonchev–Trinajstić information content (AvgIpc) is 2.74. The van der Waals surface area contributed by atoms with E-state index in [1.807, 2.05) is 23.1 Å². The van der Waals surface area contributed by atoms with Gasteiger partial charge in [-0.05, 0) is 18.1 Å². The van der Waals surface area contributed by atoms with Gasteiger partial charge in [0.05, 0.1) is 0 Å². The summed E-state index contributed by atoms with van der Waals surface area (Å²) in [5.41, 5.74) is 8.03. The maximum Gasteiger partial charge on any atom is 0.222 e. The molecule has 0 bridgehead atoms. The van der Waals surface area contributed by atoms with Gasteiger partial charge in [0.25, 0.3) is 0 Å². The van der Waals surface area contributed by atoms with Crippen LogP contribution in [0.4, 0.5) is 5.69 Å². The van der Waals surface area contributed by atoms with E-state index in [1.165, 1.54) is 5.56 Å². The van der Waals surface area contributed by atoms with E-state index in [9.17, 15) is 4.79 Å². The Labute approximate surface area is 107 Å². The normalized spacial score (nSPS) is 24.3. The Kier molecular flexibility index (Phi) is 2.96. The molecule has 1 atom stereocenters. The van der Waals surface area contributed by atoms with Crippen molar-refractivity contribution < 1.29 is 4.79 Å². The summed E-state index contributed by atoms with van der Waals surface area (Å²) in [7, 11) is 0. The number of rotatable bonds is 2. The quantitative estimate of drug-likeness (QED) is 0.793. The highest BCUT2D eigenvalue weighted by atomic mass is 16.2.